The second kappa shape index (κ2) is 5.76. The number of nitrogens with one attached hydrogen (secondary N) is 1. The van der Waals surface area contributed by atoms with Crippen molar-refractivity contribution in [2.24, 2.45) is 19.9 Å². The van der Waals surface area contributed by atoms with Gasteiger partial charge >= 0.3 is 0 Å². The van der Waals surface area contributed by atoms with Crippen molar-refractivity contribution >= 4 is 0 Å². The maximum atomic E-state index is 5.73. The fourth-order valence-corrected chi connectivity index (χ4v) is 2.66. The van der Waals surface area contributed by atoms with Crippen LogP contribution in [0.2, 0.25) is 0 Å². The van der Waals surface area contributed by atoms with Crippen molar-refractivity contribution in [1.29, 1.82) is 0 Å². The van der Waals surface area contributed by atoms with Gasteiger partial charge in [0.15, 0.2) is 0 Å². The number of hydrogen-bond acceptors (Lipinski definition) is 4. The highest BCUT2D eigenvalue weighted by Gasteiger charge is 2.17. The average molecular weight is 276 g/mol. The van der Waals surface area contributed by atoms with Crippen LogP contribution in [0.5, 0.6) is 0 Å². The lowest BCUT2D eigenvalue weighted by molar-refractivity contribution is 0.503. The third-order valence-electron chi connectivity index (χ3n) is 3.90. The van der Waals surface area contributed by atoms with E-state index in [9.17, 15) is 0 Å². The highest BCUT2D eigenvalue weighted by atomic mass is 15.3. The molecule has 6 heteroatoms. The summed E-state index contributed by atoms with van der Waals surface area (Å²) in [6, 6.07) is 2.28. The molecule has 6 nitrogen and oxygen atoms in total. The SMILES string of the molecule is Cc1cc(CC(Cc2c(C)nn(C)c2C)NN)n(C)n1. The monoisotopic (exact) mass is 276 g/mol. The molecule has 20 heavy (non-hydrogen) atoms. The Kier molecular flexibility index (Phi) is 4.25. The fraction of sp³-hybridized carbons (Fsp3) is 0.571. The van der Waals surface area contributed by atoms with Crippen LogP contribution >= 0.6 is 0 Å². The normalized spacial score (nSPS) is 12.9. The first-order valence-corrected chi connectivity index (χ1v) is 6.87. The number of aromatic nitrogens is 4. The van der Waals surface area contributed by atoms with E-state index < -0.39 is 0 Å². The van der Waals surface area contributed by atoms with Gasteiger partial charge in [-0.05, 0) is 38.8 Å². The summed E-state index contributed by atoms with van der Waals surface area (Å²) in [4.78, 5) is 0. The first kappa shape index (κ1) is 14.7. The quantitative estimate of drug-likeness (QED) is 0.622. The maximum absolute atomic E-state index is 5.73. The lowest BCUT2D eigenvalue weighted by Crippen LogP contribution is -2.39. The lowest BCUT2D eigenvalue weighted by atomic mass is 10.0. The molecule has 0 radical (unpaired) electrons. The summed E-state index contributed by atoms with van der Waals surface area (Å²) in [5.41, 5.74) is 8.69. The molecule has 0 aliphatic heterocycles. The lowest BCUT2D eigenvalue weighted by Gasteiger charge is -2.16. The predicted octanol–water partition coefficient (Wildman–Crippen LogP) is 0.696. The smallest absolute Gasteiger partial charge is 0.0628 e. The second-order valence-corrected chi connectivity index (χ2v) is 5.45. The Morgan fingerprint density at radius 2 is 1.85 bits per heavy atom. The van der Waals surface area contributed by atoms with E-state index in [1.165, 1.54) is 17.0 Å². The summed E-state index contributed by atoms with van der Waals surface area (Å²) >= 11 is 0. The molecule has 2 aromatic heterocycles. The van der Waals surface area contributed by atoms with Crippen molar-refractivity contribution in [2.45, 2.75) is 39.7 Å². The van der Waals surface area contributed by atoms with Crippen molar-refractivity contribution in [3.8, 4) is 0 Å². The Balaban J connectivity index is 2.15. The summed E-state index contributed by atoms with van der Waals surface area (Å²) in [5.74, 6) is 5.73. The number of nitrogens with two attached hydrogens (primary N) is 1. The first-order valence-electron chi connectivity index (χ1n) is 6.87. The zero-order valence-corrected chi connectivity index (χ0v) is 12.9. The summed E-state index contributed by atoms with van der Waals surface area (Å²) in [5, 5.41) is 8.83. The summed E-state index contributed by atoms with van der Waals surface area (Å²) in [6.45, 7) is 6.14. The molecule has 3 N–H and O–H groups in total. The Hall–Kier alpha value is -1.66. The minimum absolute atomic E-state index is 0.173. The van der Waals surface area contributed by atoms with Crippen LogP contribution in [0.25, 0.3) is 0 Å². The Labute approximate surface area is 119 Å². The minimum Gasteiger partial charge on any atom is -0.272 e. The molecule has 0 amide bonds. The van der Waals surface area contributed by atoms with Gasteiger partial charge in [-0.25, -0.2) is 0 Å². The van der Waals surface area contributed by atoms with Crippen LogP contribution in [0.15, 0.2) is 6.07 Å². The van der Waals surface area contributed by atoms with Crippen LogP contribution in [0.4, 0.5) is 0 Å². The average Bonchev–Trinajstić information content (AvgIpc) is 2.82. The molecule has 0 saturated carbocycles. The van der Waals surface area contributed by atoms with Crippen molar-refractivity contribution in [3.05, 3.63) is 34.4 Å². The van der Waals surface area contributed by atoms with E-state index in [-0.39, 0.29) is 6.04 Å². The Morgan fingerprint density at radius 1 is 1.15 bits per heavy atom. The molecule has 0 fully saturated rings. The van der Waals surface area contributed by atoms with Gasteiger partial charge in [0, 0.05) is 37.9 Å². The third-order valence-corrected chi connectivity index (χ3v) is 3.90. The first-order chi connectivity index (χ1) is 9.42. The number of rotatable bonds is 5. The van der Waals surface area contributed by atoms with E-state index in [1.807, 2.05) is 37.3 Å². The Morgan fingerprint density at radius 3 is 2.30 bits per heavy atom. The maximum Gasteiger partial charge on any atom is 0.0628 e. The zero-order chi connectivity index (χ0) is 14.9. The van der Waals surface area contributed by atoms with Gasteiger partial charge in [0.05, 0.1) is 11.4 Å². The number of hydrazine groups is 1. The van der Waals surface area contributed by atoms with Crippen molar-refractivity contribution in [1.82, 2.24) is 25.0 Å². The molecule has 2 rings (SSSR count). The molecule has 2 heterocycles. The molecular weight excluding hydrogens is 252 g/mol. The number of hydrogen-bond donors (Lipinski definition) is 2. The van der Waals surface area contributed by atoms with Gasteiger partial charge in [0.25, 0.3) is 0 Å². The van der Waals surface area contributed by atoms with Gasteiger partial charge < -0.3 is 0 Å². The van der Waals surface area contributed by atoms with Gasteiger partial charge in [0.2, 0.25) is 0 Å². The molecule has 1 unspecified atom stereocenters. The largest absolute Gasteiger partial charge is 0.272 e. The standard InChI is InChI=1S/C14H24N6/c1-9-6-13(20(5)17-9)7-12(16-15)8-14-10(2)18-19(4)11(14)3/h6,12,16H,7-8,15H2,1-5H3. The molecule has 0 spiro atoms. The predicted molar refractivity (Wildman–Crippen MR) is 79.1 cm³/mol. The Bertz CT molecular complexity index is 595. The van der Waals surface area contributed by atoms with E-state index in [2.05, 4.69) is 28.6 Å². The van der Waals surface area contributed by atoms with Gasteiger partial charge in [-0.2, -0.15) is 10.2 Å². The van der Waals surface area contributed by atoms with Crippen LogP contribution in [-0.2, 0) is 26.9 Å². The molecule has 0 aliphatic carbocycles. The van der Waals surface area contributed by atoms with Gasteiger partial charge in [-0.3, -0.25) is 20.6 Å². The number of aryl methyl sites for hydroxylation is 4. The highest BCUT2D eigenvalue weighted by Crippen LogP contribution is 2.16. The van der Waals surface area contributed by atoms with Crippen molar-refractivity contribution < 1.29 is 0 Å². The number of nitrogens with zero attached hydrogens (tertiary/aromatic N) is 4. The third kappa shape index (κ3) is 2.91. The minimum atomic E-state index is 0.173. The van der Waals surface area contributed by atoms with E-state index in [4.69, 9.17) is 5.84 Å². The summed E-state index contributed by atoms with van der Waals surface area (Å²) in [6.07, 6.45) is 1.72. The van der Waals surface area contributed by atoms with E-state index in [0.29, 0.717) is 0 Å². The molecule has 2 aromatic rings. The highest BCUT2D eigenvalue weighted by molar-refractivity contribution is 5.26. The molecule has 0 aliphatic rings. The summed E-state index contributed by atoms with van der Waals surface area (Å²) < 4.78 is 3.84. The molecular formula is C14H24N6. The molecule has 0 bridgehead atoms. The van der Waals surface area contributed by atoms with E-state index in [0.717, 1.165) is 24.2 Å². The van der Waals surface area contributed by atoms with Gasteiger partial charge in [0.1, 0.15) is 0 Å². The second-order valence-electron chi connectivity index (χ2n) is 5.45. The van der Waals surface area contributed by atoms with Crippen molar-refractivity contribution in [2.75, 3.05) is 0 Å². The van der Waals surface area contributed by atoms with Crippen LogP contribution in [-0.4, -0.2) is 25.6 Å². The molecule has 1 atom stereocenters. The van der Waals surface area contributed by atoms with Crippen LogP contribution in [0.3, 0.4) is 0 Å². The molecule has 0 aromatic carbocycles. The zero-order valence-electron chi connectivity index (χ0n) is 12.9. The topological polar surface area (TPSA) is 73.7 Å². The van der Waals surface area contributed by atoms with Crippen molar-refractivity contribution in [3.63, 3.8) is 0 Å². The van der Waals surface area contributed by atoms with Gasteiger partial charge in [-0.15, -0.1) is 0 Å². The van der Waals surface area contributed by atoms with Crippen LogP contribution in [0, 0.1) is 20.8 Å². The fourth-order valence-electron chi connectivity index (χ4n) is 2.66. The molecule has 0 saturated heterocycles. The van der Waals surface area contributed by atoms with E-state index >= 15 is 0 Å². The molecule has 110 valence electrons. The van der Waals surface area contributed by atoms with E-state index in [1.54, 1.807) is 0 Å². The van der Waals surface area contributed by atoms with Crippen LogP contribution < -0.4 is 11.3 Å². The van der Waals surface area contributed by atoms with Gasteiger partial charge in [-0.1, -0.05) is 0 Å². The van der Waals surface area contributed by atoms with Crippen LogP contribution in [0.1, 0.15) is 28.3 Å². The summed E-state index contributed by atoms with van der Waals surface area (Å²) in [7, 11) is 3.94.